The van der Waals surface area contributed by atoms with Crippen LogP contribution in [0, 0.1) is 6.92 Å². The third-order valence-electron chi connectivity index (χ3n) is 4.52. The largest absolute Gasteiger partial charge is 0.416 e. The molecule has 0 radical (unpaired) electrons. The lowest BCUT2D eigenvalue weighted by Crippen LogP contribution is -2.38. The van der Waals surface area contributed by atoms with Crippen LogP contribution in [0.4, 0.5) is 24.5 Å². The summed E-state index contributed by atoms with van der Waals surface area (Å²) in [7, 11) is 0. The molecular formula is C20H19ClF3N3O2S. The fraction of sp³-hybridized carbons (Fsp3) is 0.300. The molecule has 1 amide bonds. The summed E-state index contributed by atoms with van der Waals surface area (Å²) in [6.45, 7) is 3.82. The maximum Gasteiger partial charge on any atom is 0.416 e. The molecule has 0 unspecified atom stereocenters. The summed E-state index contributed by atoms with van der Waals surface area (Å²) in [6, 6.07) is 8.29. The molecule has 30 heavy (non-hydrogen) atoms. The molecule has 0 aliphatic carbocycles. The molecule has 0 saturated carbocycles. The van der Waals surface area contributed by atoms with Crippen molar-refractivity contribution in [3.8, 4) is 0 Å². The molecule has 0 aromatic heterocycles. The van der Waals surface area contributed by atoms with E-state index in [9.17, 15) is 18.0 Å². The van der Waals surface area contributed by atoms with Gasteiger partial charge in [0.1, 0.15) is 0 Å². The normalized spacial score (nSPS) is 14.4. The average Bonchev–Trinajstić information content (AvgIpc) is 2.67. The minimum absolute atomic E-state index is 0.134. The third-order valence-corrected chi connectivity index (χ3v) is 5.04. The molecule has 1 heterocycles. The Bertz CT molecular complexity index is 963. The highest BCUT2D eigenvalue weighted by Crippen LogP contribution is 2.35. The number of hydrogen-bond acceptors (Lipinski definition) is 4. The van der Waals surface area contributed by atoms with Gasteiger partial charge in [-0.2, -0.15) is 13.2 Å². The fourth-order valence-electron chi connectivity index (χ4n) is 3.02. The lowest BCUT2D eigenvalue weighted by molar-refractivity contribution is -0.137. The molecule has 0 bridgehead atoms. The number of carbonyl (C=O) groups excluding carboxylic acids is 1. The number of anilines is 2. The van der Waals surface area contributed by atoms with Crippen molar-refractivity contribution in [2.24, 2.45) is 0 Å². The van der Waals surface area contributed by atoms with Gasteiger partial charge >= 0.3 is 6.18 Å². The summed E-state index contributed by atoms with van der Waals surface area (Å²) in [5.74, 6) is -0.558. The van der Waals surface area contributed by atoms with Gasteiger partial charge in [0, 0.05) is 13.1 Å². The van der Waals surface area contributed by atoms with Crippen LogP contribution < -0.4 is 15.5 Å². The van der Waals surface area contributed by atoms with Gasteiger partial charge in [0.15, 0.2) is 5.11 Å². The minimum atomic E-state index is -4.51. The Morgan fingerprint density at radius 2 is 1.87 bits per heavy atom. The number of morpholine rings is 1. The van der Waals surface area contributed by atoms with E-state index < -0.39 is 17.6 Å². The van der Waals surface area contributed by atoms with Gasteiger partial charge in [0.2, 0.25) is 0 Å². The first kappa shape index (κ1) is 22.3. The molecular weight excluding hydrogens is 439 g/mol. The molecule has 1 saturated heterocycles. The van der Waals surface area contributed by atoms with Crippen molar-refractivity contribution in [2.45, 2.75) is 13.1 Å². The highest BCUT2D eigenvalue weighted by molar-refractivity contribution is 7.80. The van der Waals surface area contributed by atoms with Gasteiger partial charge in [0.05, 0.1) is 40.7 Å². The molecule has 10 heteroatoms. The number of halogens is 4. The Morgan fingerprint density at radius 1 is 1.17 bits per heavy atom. The second-order valence-corrected chi connectivity index (χ2v) is 7.54. The molecule has 2 aromatic carbocycles. The molecule has 2 aromatic rings. The molecule has 160 valence electrons. The number of benzene rings is 2. The topological polar surface area (TPSA) is 53.6 Å². The van der Waals surface area contributed by atoms with Crippen LogP contribution in [0.25, 0.3) is 0 Å². The molecule has 2 N–H and O–H groups in total. The number of nitrogens with one attached hydrogen (secondary N) is 2. The van der Waals surface area contributed by atoms with Crippen LogP contribution in [-0.2, 0) is 10.9 Å². The lowest BCUT2D eigenvalue weighted by Gasteiger charge is -2.31. The van der Waals surface area contributed by atoms with E-state index in [4.69, 9.17) is 28.6 Å². The Balaban J connectivity index is 1.82. The maximum atomic E-state index is 13.2. The minimum Gasteiger partial charge on any atom is -0.378 e. The van der Waals surface area contributed by atoms with Gasteiger partial charge in [0.25, 0.3) is 5.91 Å². The summed E-state index contributed by atoms with van der Waals surface area (Å²) < 4.78 is 44.9. The first-order valence-electron chi connectivity index (χ1n) is 9.07. The summed E-state index contributed by atoms with van der Waals surface area (Å²) in [4.78, 5) is 14.4. The zero-order chi connectivity index (χ0) is 21.9. The number of rotatable bonds is 3. The quantitative estimate of drug-likeness (QED) is 0.658. The van der Waals surface area contributed by atoms with Crippen LogP contribution in [-0.4, -0.2) is 37.3 Å². The zero-order valence-corrected chi connectivity index (χ0v) is 17.5. The summed E-state index contributed by atoms with van der Waals surface area (Å²) >= 11 is 11.3. The van der Waals surface area contributed by atoms with Crippen molar-refractivity contribution < 1.29 is 22.7 Å². The van der Waals surface area contributed by atoms with Crippen molar-refractivity contribution in [1.82, 2.24) is 5.32 Å². The number of alkyl halides is 3. The number of amides is 1. The van der Waals surface area contributed by atoms with E-state index in [1.165, 1.54) is 6.07 Å². The molecule has 3 rings (SSSR count). The van der Waals surface area contributed by atoms with Crippen molar-refractivity contribution in [2.75, 3.05) is 36.5 Å². The molecule has 1 aliphatic heterocycles. The van der Waals surface area contributed by atoms with E-state index in [1.807, 2.05) is 11.8 Å². The van der Waals surface area contributed by atoms with E-state index in [-0.39, 0.29) is 21.4 Å². The lowest BCUT2D eigenvalue weighted by atomic mass is 10.1. The van der Waals surface area contributed by atoms with E-state index in [1.54, 1.807) is 18.2 Å². The van der Waals surface area contributed by atoms with Crippen LogP contribution in [0.15, 0.2) is 36.4 Å². The van der Waals surface area contributed by atoms with Crippen LogP contribution in [0.2, 0.25) is 5.02 Å². The second-order valence-electron chi connectivity index (χ2n) is 6.72. The van der Waals surface area contributed by atoms with Gasteiger partial charge in [-0.05, 0) is 55.0 Å². The summed E-state index contributed by atoms with van der Waals surface area (Å²) in [5, 5.41) is 5.31. The summed E-state index contributed by atoms with van der Waals surface area (Å²) in [5.41, 5.74) is 0.959. The van der Waals surface area contributed by atoms with Crippen LogP contribution in [0.5, 0.6) is 0 Å². The molecule has 0 spiro atoms. The molecule has 1 fully saturated rings. The Kier molecular flexibility index (Phi) is 6.84. The van der Waals surface area contributed by atoms with Crippen LogP contribution >= 0.6 is 23.8 Å². The summed E-state index contributed by atoms with van der Waals surface area (Å²) in [6.07, 6.45) is -4.51. The highest BCUT2D eigenvalue weighted by atomic mass is 35.5. The first-order valence-corrected chi connectivity index (χ1v) is 9.86. The Morgan fingerprint density at radius 3 is 2.50 bits per heavy atom. The van der Waals surface area contributed by atoms with Crippen molar-refractivity contribution in [1.29, 1.82) is 0 Å². The predicted octanol–water partition coefficient (Wildman–Crippen LogP) is 4.63. The van der Waals surface area contributed by atoms with Crippen molar-refractivity contribution >= 4 is 46.2 Å². The second kappa shape index (κ2) is 9.20. The van der Waals surface area contributed by atoms with E-state index in [0.717, 1.165) is 17.7 Å². The highest BCUT2D eigenvalue weighted by Gasteiger charge is 2.31. The third kappa shape index (κ3) is 5.41. The monoisotopic (exact) mass is 457 g/mol. The van der Waals surface area contributed by atoms with Gasteiger partial charge in [-0.3, -0.25) is 10.1 Å². The SMILES string of the molecule is Cc1ccc(C(=O)NC(=S)Nc2cc(C(F)(F)F)ccc2N2CCOCC2)c(Cl)c1. The predicted molar refractivity (Wildman–Crippen MR) is 114 cm³/mol. The van der Waals surface area contributed by atoms with E-state index in [2.05, 4.69) is 10.6 Å². The van der Waals surface area contributed by atoms with E-state index in [0.29, 0.717) is 32.0 Å². The maximum absolute atomic E-state index is 13.2. The number of hydrogen-bond donors (Lipinski definition) is 2. The number of thiocarbonyl (C=S) groups is 1. The number of nitrogens with zero attached hydrogens (tertiary/aromatic N) is 1. The van der Waals surface area contributed by atoms with Crippen molar-refractivity contribution in [3.63, 3.8) is 0 Å². The number of aryl methyl sites for hydroxylation is 1. The Labute approximate surface area is 182 Å². The molecule has 0 atom stereocenters. The van der Waals surface area contributed by atoms with Gasteiger partial charge in [-0.15, -0.1) is 0 Å². The van der Waals surface area contributed by atoms with Crippen molar-refractivity contribution in [3.05, 3.63) is 58.1 Å². The smallest absolute Gasteiger partial charge is 0.378 e. The standard InChI is InChI=1S/C20H19ClF3N3O2S/c1-12-2-4-14(15(21)10-12)18(28)26-19(30)25-16-11-13(20(22,23)24)3-5-17(16)27-6-8-29-9-7-27/h2-5,10-11H,6-9H2,1H3,(H2,25,26,28,30). The van der Waals surface area contributed by atoms with Gasteiger partial charge in [-0.1, -0.05) is 17.7 Å². The first-order chi connectivity index (χ1) is 14.1. The number of carbonyl (C=O) groups is 1. The van der Waals surface area contributed by atoms with Gasteiger partial charge < -0.3 is 15.0 Å². The Hall–Kier alpha value is -2.36. The molecule has 5 nitrogen and oxygen atoms in total. The average molecular weight is 458 g/mol. The van der Waals surface area contributed by atoms with Crippen LogP contribution in [0.3, 0.4) is 0 Å². The molecule has 1 aliphatic rings. The van der Waals surface area contributed by atoms with Gasteiger partial charge in [-0.25, -0.2) is 0 Å². The number of ether oxygens (including phenoxy) is 1. The zero-order valence-electron chi connectivity index (χ0n) is 16.0. The van der Waals surface area contributed by atoms with E-state index >= 15 is 0 Å². The fourth-order valence-corrected chi connectivity index (χ4v) is 3.54. The van der Waals surface area contributed by atoms with Crippen LogP contribution in [0.1, 0.15) is 21.5 Å².